The van der Waals surface area contributed by atoms with Gasteiger partial charge in [0.25, 0.3) is 0 Å². The molecule has 1 N–H and O–H groups in total. The van der Waals surface area contributed by atoms with Crippen molar-refractivity contribution in [2.75, 3.05) is 13.7 Å². The van der Waals surface area contributed by atoms with Crippen molar-refractivity contribution in [2.24, 2.45) is 0 Å². The second-order valence-corrected chi connectivity index (χ2v) is 4.21. The highest BCUT2D eigenvalue weighted by Crippen LogP contribution is 2.17. The van der Waals surface area contributed by atoms with Gasteiger partial charge in [-0.3, -0.25) is 4.79 Å². The van der Waals surface area contributed by atoms with Crippen LogP contribution in [0.3, 0.4) is 0 Å². The van der Waals surface area contributed by atoms with Crippen LogP contribution < -0.4 is 10.1 Å². The number of pyridine rings is 1. The number of rotatable bonds is 3. The van der Waals surface area contributed by atoms with E-state index in [1.807, 2.05) is 0 Å². The standard InChI is InChI=1S/C11H13ClN2O3/c1-16-11(15)9-4-8(6-13-9)17-10-3-2-7(12)5-14-10/h2-3,5,8-9,13H,4,6H2,1H3. The number of ether oxygens (including phenoxy) is 2. The molecule has 1 saturated heterocycles. The van der Waals surface area contributed by atoms with Crippen molar-refractivity contribution in [1.82, 2.24) is 10.3 Å². The number of esters is 1. The van der Waals surface area contributed by atoms with Gasteiger partial charge in [-0.1, -0.05) is 11.6 Å². The minimum atomic E-state index is -0.294. The van der Waals surface area contributed by atoms with E-state index in [9.17, 15) is 4.79 Å². The molecule has 92 valence electrons. The minimum absolute atomic E-state index is 0.0761. The molecule has 2 unspecified atom stereocenters. The molecule has 2 heterocycles. The summed E-state index contributed by atoms with van der Waals surface area (Å²) in [6.45, 7) is 0.601. The number of carbonyl (C=O) groups excluding carboxylic acids is 1. The smallest absolute Gasteiger partial charge is 0.323 e. The van der Waals surface area contributed by atoms with Crippen LogP contribution in [0.4, 0.5) is 0 Å². The lowest BCUT2D eigenvalue weighted by Crippen LogP contribution is -2.31. The highest BCUT2D eigenvalue weighted by atomic mass is 35.5. The van der Waals surface area contributed by atoms with Gasteiger partial charge < -0.3 is 14.8 Å². The molecule has 0 aliphatic carbocycles. The van der Waals surface area contributed by atoms with Crippen molar-refractivity contribution in [3.05, 3.63) is 23.4 Å². The summed E-state index contributed by atoms with van der Waals surface area (Å²) in [4.78, 5) is 15.3. The third-order valence-corrected chi connectivity index (χ3v) is 2.79. The molecular formula is C11H13ClN2O3. The Morgan fingerprint density at radius 3 is 3.06 bits per heavy atom. The lowest BCUT2D eigenvalue weighted by Gasteiger charge is -2.11. The van der Waals surface area contributed by atoms with Gasteiger partial charge in [-0.2, -0.15) is 0 Å². The molecule has 0 amide bonds. The Morgan fingerprint density at radius 2 is 2.41 bits per heavy atom. The van der Waals surface area contributed by atoms with E-state index in [-0.39, 0.29) is 18.1 Å². The van der Waals surface area contributed by atoms with Crippen LogP contribution in [0, 0.1) is 0 Å². The molecule has 1 aromatic heterocycles. The molecular weight excluding hydrogens is 244 g/mol. The number of nitrogens with zero attached hydrogens (tertiary/aromatic N) is 1. The Balaban J connectivity index is 1.89. The van der Waals surface area contributed by atoms with Crippen LogP contribution in [-0.4, -0.2) is 36.8 Å². The third-order valence-electron chi connectivity index (χ3n) is 2.56. The van der Waals surface area contributed by atoms with Gasteiger partial charge in [0.2, 0.25) is 5.88 Å². The fourth-order valence-corrected chi connectivity index (χ4v) is 1.83. The monoisotopic (exact) mass is 256 g/mol. The lowest BCUT2D eigenvalue weighted by molar-refractivity contribution is -0.142. The van der Waals surface area contributed by atoms with Crippen LogP contribution in [0.1, 0.15) is 6.42 Å². The normalized spacial score (nSPS) is 23.4. The molecule has 5 nitrogen and oxygen atoms in total. The molecule has 0 aromatic carbocycles. The molecule has 6 heteroatoms. The summed E-state index contributed by atoms with van der Waals surface area (Å²) in [5, 5.41) is 3.60. The van der Waals surface area contributed by atoms with Crippen molar-refractivity contribution in [3.8, 4) is 5.88 Å². The average molecular weight is 257 g/mol. The van der Waals surface area contributed by atoms with Crippen LogP contribution in [0.25, 0.3) is 0 Å². The van der Waals surface area contributed by atoms with Crippen LogP contribution >= 0.6 is 11.6 Å². The van der Waals surface area contributed by atoms with Crippen molar-refractivity contribution >= 4 is 17.6 Å². The Kier molecular flexibility index (Phi) is 3.81. The third kappa shape index (κ3) is 3.08. The first-order valence-corrected chi connectivity index (χ1v) is 5.66. The number of methoxy groups -OCH3 is 1. The van der Waals surface area contributed by atoms with Gasteiger partial charge >= 0.3 is 5.97 Å². The van der Waals surface area contributed by atoms with E-state index in [0.717, 1.165) is 0 Å². The van der Waals surface area contributed by atoms with Gasteiger partial charge in [0.15, 0.2) is 0 Å². The topological polar surface area (TPSA) is 60.5 Å². The Hall–Kier alpha value is -1.33. The first kappa shape index (κ1) is 12.1. The highest BCUT2D eigenvalue weighted by Gasteiger charge is 2.31. The van der Waals surface area contributed by atoms with E-state index in [1.54, 1.807) is 12.1 Å². The lowest BCUT2D eigenvalue weighted by atomic mass is 10.2. The Labute approximate surface area is 104 Å². The van der Waals surface area contributed by atoms with E-state index in [2.05, 4.69) is 15.0 Å². The molecule has 1 aliphatic heterocycles. The maximum atomic E-state index is 11.3. The number of halogens is 1. The van der Waals surface area contributed by atoms with Crippen molar-refractivity contribution in [2.45, 2.75) is 18.6 Å². The van der Waals surface area contributed by atoms with Crippen molar-refractivity contribution in [1.29, 1.82) is 0 Å². The predicted molar refractivity (Wildman–Crippen MR) is 62.1 cm³/mol. The molecule has 0 bridgehead atoms. The van der Waals surface area contributed by atoms with Crippen LogP contribution in [0.2, 0.25) is 5.02 Å². The van der Waals surface area contributed by atoms with Gasteiger partial charge in [-0.15, -0.1) is 0 Å². The first-order chi connectivity index (χ1) is 8.19. The van der Waals surface area contributed by atoms with E-state index in [1.165, 1.54) is 13.3 Å². The number of nitrogens with one attached hydrogen (secondary N) is 1. The van der Waals surface area contributed by atoms with Gasteiger partial charge in [-0.25, -0.2) is 4.98 Å². The fraction of sp³-hybridized carbons (Fsp3) is 0.455. The highest BCUT2D eigenvalue weighted by molar-refractivity contribution is 6.30. The maximum Gasteiger partial charge on any atom is 0.323 e. The Morgan fingerprint density at radius 1 is 1.59 bits per heavy atom. The van der Waals surface area contributed by atoms with Crippen molar-refractivity contribution in [3.63, 3.8) is 0 Å². The van der Waals surface area contributed by atoms with E-state index in [0.29, 0.717) is 23.9 Å². The molecule has 2 atom stereocenters. The van der Waals surface area contributed by atoms with Gasteiger partial charge in [-0.05, 0) is 6.07 Å². The van der Waals surface area contributed by atoms with Gasteiger partial charge in [0.1, 0.15) is 12.1 Å². The molecule has 1 aromatic rings. The summed E-state index contributed by atoms with van der Waals surface area (Å²) < 4.78 is 10.3. The summed E-state index contributed by atoms with van der Waals surface area (Å²) in [5.41, 5.74) is 0. The minimum Gasteiger partial charge on any atom is -0.473 e. The van der Waals surface area contributed by atoms with E-state index < -0.39 is 0 Å². The number of hydrogen-bond acceptors (Lipinski definition) is 5. The first-order valence-electron chi connectivity index (χ1n) is 5.28. The zero-order valence-electron chi connectivity index (χ0n) is 9.35. The van der Waals surface area contributed by atoms with Crippen LogP contribution in [0.15, 0.2) is 18.3 Å². The SMILES string of the molecule is COC(=O)C1CC(Oc2ccc(Cl)cn2)CN1. The van der Waals surface area contributed by atoms with Crippen molar-refractivity contribution < 1.29 is 14.3 Å². The van der Waals surface area contributed by atoms with Gasteiger partial charge in [0.05, 0.1) is 12.1 Å². The fourth-order valence-electron chi connectivity index (χ4n) is 1.72. The molecule has 0 spiro atoms. The van der Waals surface area contributed by atoms with Gasteiger partial charge in [0, 0.05) is 25.2 Å². The summed E-state index contributed by atoms with van der Waals surface area (Å²) in [7, 11) is 1.37. The predicted octanol–water partition coefficient (Wildman–Crippen LogP) is 1.02. The quantitative estimate of drug-likeness (QED) is 0.818. The zero-order chi connectivity index (χ0) is 12.3. The molecule has 0 radical (unpaired) electrons. The summed E-state index contributed by atoms with van der Waals surface area (Å²) >= 11 is 5.72. The average Bonchev–Trinajstić information content (AvgIpc) is 2.80. The summed E-state index contributed by atoms with van der Waals surface area (Å²) in [5.74, 6) is 0.242. The van der Waals surface area contributed by atoms with E-state index >= 15 is 0 Å². The second-order valence-electron chi connectivity index (χ2n) is 3.77. The summed E-state index contributed by atoms with van der Waals surface area (Å²) in [6.07, 6.45) is 2.03. The van der Waals surface area contributed by atoms with E-state index in [4.69, 9.17) is 16.3 Å². The number of aromatic nitrogens is 1. The van der Waals surface area contributed by atoms with Crippen LogP contribution in [-0.2, 0) is 9.53 Å². The zero-order valence-corrected chi connectivity index (χ0v) is 10.1. The molecule has 17 heavy (non-hydrogen) atoms. The number of hydrogen-bond donors (Lipinski definition) is 1. The second kappa shape index (κ2) is 5.33. The molecule has 1 fully saturated rings. The summed E-state index contributed by atoms with van der Waals surface area (Å²) in [6, 6.07) is 3.12. The maximum absolute atomic E-state index is 11.3. The molecule has 0 saturated carbocycles. The largest absolute Gasteiger partial charge is 0.473 e. The molecule has 1 aliphatic rings. The molecule has 2 rings (SSSR count). The van der Waals surface area contributed by atoms with Crippen LogP contribution in [0.5, 0.6) is 5.88 Å². The Bertz CT molecular complexity index is 396. The number of carbonyl (C=O) groups is 1.